The molecule has 4 rings (SSSR count). The van der Waals surface area contributed by atoms with Crippen LogP contribution < -0.4 is 20.4 Å². The molecule has 1 aliphatic rings. The summed E-state index contributed by atoms with van der Waals surface area (Å²) >= 11 is 11.7. The number of benzene rings is 2. The monoisotopic (exact) mass is 452 g/mol. The molecule has 1 aromatic heterocycles. The number of nitrogens with one attached hydrogen (secondary N) is 2. The van der Waals surface area contributed by atoms with Crippen molar-refractivity contribution in [2.75, 3.05) is 41.3 Å². The summed E-state index contributed by atoms with van der Waals surface area (Å²) in [5.41, 5.74) is 2.39. The predicted molar refractivity (Wildman–Crippen MR) is 132 cm³/mol. The Bertz CT molecular complexity index is 1010. The van der Waals surface area contributed by atoms with Crippen LogP contribution in [-0.2, 0) is 0 Å². The number of hydrogen-bond donors (Lipinski definition) is 2. The maximum Gasteiger partial charge on any atom is 0.232 e. The Balaban J connectivity index is 1.38. The zero-order chi connectivity index (χ0) is 21.6. The van der Waals surface area contributed by atoms with Gasteiger partial charge in [-0.15, -0.1) is 0 Å². The maximum atomic E-state index is 6.29. The summed E-state index contributed by atoms with van der Waals surface area (Å²) in [5.74, 6) is 1.19. The molecule has 2 heterocycles. The average Bonchev–Trinajstić information content (AvgIpc) is 2.80. The van der Waals surface area contributed by atoms with E-state index in [1.54, 1.807) is 6.07 Å². The lowest BCUT2D eigenvalue weighted by atomic mass is 10.1. The van der Waals surface area contributed by atoms with Gasteiger partial charge in [-0.05, 0) is 36.8 Å². The zero-order valence-corrected chi connectivity index (χ0v) is 18.9. The minimum Gasteiger partial charge on any atom is -0.368 e. The molecule has 0 saturated carbocycles. The average molecular weight is 453 g/mol. The van der Waals surface area contributed by atoms with E-state index in [9.17, 15) is 0 Å². The fourth-order valence-electron chi connectivity index (χ4n) is 3.62. The van der Waals surface area contributed by atoms with E-state index >= 15 is 0 Å². The Morgan fingerprint density at radius 3 is 2.23 bits per heavy atom. The van der Waals surface area contributed by atoms with Crippen LogP contribution in [0.3, 0.4) is 0 Å². The van der Waals surface area contributed by atoms with Crippen LogP contribution in [0.25, 0.3) is 0 Å². The summed E-state index contributed by atoms with van der Waals surface area (Å²) in [6, 6.07) is 22.4. The first-order valence-electron chi connectivity index (χ1n) is 10.3. The van der Waals surface area contributed by atoms with Gasteiger partial charge in [-0.3, -0.25) is 0 Å². The number of rotatable bonds is 5. The number of nitrogens with zero attached hydrogens (tertiary/aromatic N) is 4. The van der Waals surface area contributed by atoms with Gasteiger partial charge in [0.15, 0.2) is 5.11 Å². The highest BCUT2D eigenvalue weighted by Crippen LogP contribution is 2.22. The number of aromatic nitrogens is 2. The van der Waals surface area contributed by atoms with Crippen LogP contribution in [0.1, 0.15) is 18.5 Å². The van der Waals surface area contributed by atoms with E-state index in [1.807, 2.05) is 24.3 Å². The quantitative estimate of drug-likeness (QED) is 0.436. The van der Waals surface area contributed by atoms with Crippen molar-refractivity contribution in [3.8, 4) is 0 Å². The van der Waals surface area contributed by atoms with Crippen molar-refractivity contribution in [1.29, 1.82) is 0 Å². The molecule has 2 aromatic carbocycles. The van der Waals surface area contributed by atoms with Crippen LogP contribution in [0.4, 0.5) is 17.5 Å². The highest BCUT2D eigenvalue weighted by Gasteiger charge is 2.20. The van der Waals surface area contributed by atoms with Crippen LogP contribution in [0.15, 0.2) is 66.7 Å². The Morgan fingerprint density at radius 2 is 1.55 bits per heavy atom. The van der Waals surface area contributed by atoms with Crippen molar-refractivity contribution in [2.24, 2.45) is 0 Å². The third kappa shape index (κ3) is 5.62. The highest BCUT2D eigenvalue weighted by molar-refractivity contribution is 7.80. The molecule has 0 spiro atoms. The van der Waals surface area contributed by atoms with Gasteiger partial charge < -0.3 is 20.4 Å². The SMILES string of the molecule is C[C@@H](NC(=S)Nc1nc(Cl)cc(N2CCN(c3ccccc3)CC2)n1)c1ccccc1. The van der Waals surface area contributed by atoms with Crippen molar-refractivity contribution in [1.82, 2.24) is 15.3 Å². The molecule has 1 atom stereocenters. The van der Waals surface area contributed by atoms with Crippen molar-refractivity contribution in [3.63, 3.8) is 0 Å². The first-order valence-corrected chi connectivity index (χ1v) is 11.1. The minimum absolute atomic E-state index is 0.0610. The Kier molecular flexibility index (Phi) is 6.84. The molecule has 1 aliphatic heterocycles. The van der Waals surface area contributed by atoms with Crippen LogP contribution in [0.5, 0.6) is 0 Å². The summed E-state index contributed by atoms with van der Waals surface area (Å²) in [5, 5.41) is 7.18. The molecule has 31 heavy (non-hydrogen) atoms. The number of anilines is 3. The molecular weight excluding hydrogens is 428 g/mol. The third-order valence-corrected chi connectivity index (χ3v) is 5.69. The number of halogens is 1. The third-order valence-electron chi connectivity index (χ3n) is 5.28. The summed E-state index contributed by atoms with van der Waals surface area (Å²) in [6.45, 7) is 5.61. The van der Waals surface area contributed by atoms with Gasteiger partial charge in [0.2, 0.25) is 5.95 Å². The van der Waals surface area contributed by atoms with Crippen molar-refractivity contribution in [2.45, 2.75) is 13.0 Å². The molecule has 8 heteroatoms. The molecule has 0 bridgehead atoms. The molecule has 0 aliphatic carbocycles. The van der Waals surface area contributed by atoms with Crippen LogP contribution in [-0.4, -0.2) is 41.3 Å². The Hall–Kier alpha value is -2.90. The highest BCUT2D eigenvalue weighted by atomic mass is 35.5. The fraction of sp³-hybridized carbons (Fsp3) is 0.261. The van der Waals surface area contributed by atoms with Crippen LogP contribution in [0, 0.1) is 0 Å². The minimum atomic E-state index is 0.0610. The van der Waals surface area contributed by atoms with Crippen molar-refractivity contribution in [3.05, 3.63) is 77.4 Å². The molecule has 2 N–H and O–H groups in total. The van der Waals surface area contributed by atoms with E-state index in [2.05, 4.69) is 73.7 Å². The van der Waals surface area contributed by atoms with Gasteiger partial charge in [0.1, 0.15) is 11.0 Å². The standard InChI is InChI=1S/C23H25ClN6S/c1-17(18-8-4-2-5-9-18)25-23(31)28-22-26-20(24)16-21(27-22)30-14-12-29(13-15-30)19-10-6-3-7-11-19/h2-11,16-17H,12-15H2,1H3,(H2,25,26,27,28,31)/t17-/m1/s1. The predicted octanol–water partition coefficient (Wildman–Crippen LogP) is 4.50. The van der Waals surface area contributed by atoms with E-state index in [0.717, 1.165) is 37.6 Å². The molecule has 1 saturated heterocycles. The normalized spacial score (nSPS) is 14.8. The first kappa shape index (κ1) is 21.3. The summed E-state index contributed by atoms with van der Waals surface area (Å²) < 4.78 is 0. The molecule has 3 aromatic rings. The Labute approximate surface area is 193 Å². The molecule has 6 nitrogen and oxygen atoms in total. The molecule has 0 radical (unpaired) electrons. The van der Waals surface area contributed by atoms with Gasteiger partial charge in [0.25, 0.3) is 0 Å². The second-order valence-corrected chi connectivity index (χ2v) is 8.21. The van der Waals surface area contributed by atoms with E-state index in [-0.39, 0.29) is 6.04 Å². The van der Waals surface area contributed by atoms with Gasteiger partial charge in [-0.25, -0.2) is 4.98 Å². The van der Waals surface area contributed by atoms with Crippen LogP contribution >= 0.6 is 23.8 Å². The second kappa shape index (κ2) is 9.94. The first-order chi connectivity index (χ1) is 15.1. The summed E-state index contributed by atoms with van der Waals surface area (Å²) in [6.07, 6.45) is 0. The van der Waals surface area contributed by atoms with Gasteiger partial charge in [-0.2, -0.15) is 4.98 Å². The van der Waals surface area contributed by atoms with Crippen molar-refractivity contribution < 1.29 is 0 Å². The van der Waals surface area contributed by atoms with Crippen LogP contribution in [0.2, 0.25) is 5.15 Å². The van der Waals surface area contributed by atoms with E-state index in [4.69, 9.17) is 23.8 Å². The van der Waals surface area contributed by atoms with Gasteiger partial charge in [0.05, 0.1) is 6.04 Å². The smallest absolute Gasteiger partial charge is 0.232 e. The second-order valence-electron chi connectivity index (χ2n) is 7.41. The lowest BCUT2D eigenvalue weighted by molar-refractivity contribution is 0.647. The van der Waals surface area contributed by atoms with Gasteiger partial charge >= 0.3 is 0 Å². The molecule has 160 valence electrons. The Morgan fingerprint density at radius 1 is 0.935 bits per heavy atom. The van der Waals surface area contributed by atoms with E-state index in [0.29, 0.717) is 16.2 Å². The molecule has 0 unspecified atom stereocenters. The molecule has 0 amide bonds. The van der Waals surface area contributed by atoms with Gasteiger partial charge in [-0.1, -0.05) is 60.1 Å². The lowest BCUT2D eigenvalue weighted by Gasteiger charge is -2.36. The summed E-state index contributed by atoms with van der Waals surface area (Å²) in [4.78, 5) is 13.5. The summed E-state index contributed by atoms with van der Waals surface area (Å²) in [7, 11) is 0. The van der Waals surface area contributed by atoms with E-state index in [1.165, 1.54) is 5.69 Å². The fourth-order valence-corrected chi connectivity index (χ4v) is 4.06. The maximum absolute atomic E-state index is 6.29. The van der Waals surface area contributed by atoms with Crippen molar-refractivity contribution >= 4 is 46.4 Å². The number of hydrogen-bond acceptors (Lipinski definition) is 5. The topological polar surface area (TPSA) is 56.3 Å². The number of thiocarbonyl (C=S) groups is 1. The van der Waals surface area contributed by atoms with Gasteiger partial charge in [0, 0.05) is 37.9 Å². The molecule has 1 fully saturated rings. The number of piperazine rings is 1. The number of para-hydroxylation sites is 1. The lowest BCUT2D eigenvalue weighted by Crippen LogP contribution is -2.47. The largest absolute Gasteiger partial charge is 0.368 e. The van der Waals surface area contributed by atoms with E-state index < -0.39 is 0 Å². The molecular formula is C23H25ClN6S. The zero-order valence-electron chi connectivity index (χ0n) is 17.3.